The molecule has 0 amide bonds. The van der Waals surface area contributed by atoms with Crippen LogP contribution in [0.25, 0.3) is 0 Å². The van der Waals surface area contributed by atoms with Crippen molar-refractivity contribution in [3.8, 4) is 0 Å². The number of esters is 1. The fourth-order valence-corrected chi connectivity index (χ4v) is 2.74. The molecule has 0 radical (unpaired) electrons. The van der Waals surface area contributed by atoms with Crippen molar-refractivity contribution in [2.75, 3.05) is 5.73 Å². The van der Waals surface area contributed by atoms with E-state index in [1.165, 1.54) is 18.2 Å². The smallest absolute Gasteiger partial charge is 0.340 e. The van der Waals surface area contributed by atoms with Crippen LogP contribution in [0.15, 0.2) is 23.1 Å². The van der Waals surface area contributed by atoms with E-state index < -0.39 is 20.6 Å². The van der Waals surface area contributed by atoms with Gasteiger partial charge in [-0.2, -0.15) is 0 Å². The van der Waals surface area contributed by atoms with Gasteiger partial charge in [-0.1, -0.05) is 0 Å². The fourth-order valence-electron chi connectivity index (χ4n) is 1.51. The zero-order chi connectivity index (χ0) is 15.7. The van der Waals surface area contributed by atoms with Gasteiger partial charge < -0.3 is 10.5 Å². The summed E-state index contributed by atoms with van der Waals surface area (Å²) in [4.78, 5) is 12.0. The van der Waals surface area contributed by atoms with Gasteiger partial charge in [-0.15, -0.1) is 0 Å². The average molecular weight is 299 g/mol. The summed E-state index contributed by atoms with van der Waals surface area (Å²) in [5.41, 5.74) is 5.99. The second-order valence-electron chi connectivity index (χ2n) is 5.82. The van der Waals surface area contributed by atoms with E-state index in [0.29, 0.717) is 0 Å². The summed E-state index contributed by atoms with van der Waals surface area (Å²) in [6.45, 7) is 8.23. The summed E-state index contributed by atoms with van der Waals surface area (Å²) in [6, 6.07) is 4.10. The van der Waals surface area contributed by atoms with Gasteiger partial charge in [0.25, 0.3) is 0 Å². The Balaban J connectivity index is 3.33. The minimum atomic E-state index is -3.54. The van der Waals surface area contributed by atoms with E-state index in [-0.39, 0.29) is 22.3 Å². The molecule has 5 nitrogen and oxygen atoms in total. The van der Waals surface area contributed by atoms with E-state index in [1.54, 1.807) is 34.6 Å². The molecule has 0 spiro atoms. The van der Waals surface area contributed by atoms with Crippen LogP contribution >= 0.6 is 0 Å². The number of hydrogen-bond acceptors (Lipinski definition) is 5. The van der Waals surface area contributed by atoms with Crippen LogP contribution in [-0.2, 0) is 14.6 Å². The topological polar surface area (TPSA) is 86.5 Å². The lowest BCUT2D eigenvalue weighted by molar-refractivity contribution is 0.0379. The number of nitrogens with two attached hydrogens (primary N) is 1. The van der Waals surface area contributed by atoms with E-state index in [9.17, 15) is 13.2 Å². The number of carbonyl (C=O) groups is 1. The molecule has 1 aromatic carbocycles. The van der Waals surface area contributed by atoms with Gasteiger partial charge in [0.15, 0.2) is 9.84 Å². The van der Waals surface area contributed by atoms with Crippen LogP contribution in [0.2, 0.25) is 0 Å². The lowest BCUT2D eigenvalue weighted by atomic mass is 10.2. The third-order valence-electron chi connectivity index (χ3n) is 2.70. The molecule has 0 saturated heterocycles. The maximum atomic E-state index is 12.4. The van der Waals surface area contributed by atoms with Gasteiger partial charge in [-0.05, 0) is 52.8 Å². The second-order valence-corrected chi connectivity index (χ2v) is 8.52. The van der Waals surface area contributed by atoms with Crippen molar-refractivity contribution in [3.63, 3.8) is 0 Å². The highest BCUT2D eigenvalue weighted by Crippen LogP contribution is 2.27. The Labute approximate surface area is 120 Å². The third kappa shape index (κ3) is 3.30. The zero-order valence-electron chi connectivity index (χ0n) is 12.4. The molecule has 20 heavy (non-hydrogen) atoms. The molecule has 1 rings (SSSR count). The van der Waals surface area contributed by atoms with Crippen molar-refractivity contribution >= 4 is 21.5 Å². The van der Waals surface area contributed by atoms with Crippen LogP contribution < -0.4 is 5.73 Å². The first-order chi connectivity index (χ1) is 8.96. The molecule has 112 valence electrons. The van der Waals surface area contributed by atoms with Crippen molar-refractivity contribution in [2.45, 2.75) is 50.4 Å². The SMILES string of the molecule is CC(C)OC(=O)c1cc(S(=O)(=O)C(C)(C)C)ccc1N. The number of nitrogen functional groups attached to an aromatic ring is 1. The van der Waals surface area contributed by atoms with Gasteiger partial charge in [-0.25, -0.2) is 13.2 Å². The standard InChI is InChI=1S/C14H21NO4S/c1-9(2)19-13(16)11-8-10(6-7-12(11)15)20(17,18)14(3,4)5/h6-9H,15H2,1-5H3. The number of ether oxygens (including phenoxy) is 1. The number of carbonyl (C=O) groups excluding carboxylic acids is 1. The van der Waals surface area contributed by atoms with Crippen LogP contribution in [0.3, 0.4) is 0 Å². The molecule has 0 heterocycles. The summed E-state index contributed by atoms with van der Waals surface area (Å²) < 4.78 is 28.8. The maximum absolute atomic E-state index is 12.4. The van der Waals surface area contributed by atoms with Crippen LogP contribution in [0.1, 0.15) is 45.0 Å². The number of sulfone groups is 1. The molecule has 0 unspecified atom stereocenters. The molecule has 0 bridgehead atoms. The predicted molar refractivity (Wildman–Crippen MR) is 78.3 cm³/mol. The van der Waals surface area contributed by atoms with E-state index in [2.05, 4.69) is 0 Å². The Bertz CT molecular complexity index is 613. The molecule has 0 aliphatic carbocycles. The average Bonchev–Trinajstić information content (AvgIpc) is 2.26. The molecule has 0 aromatic heterocycles. The van der Waals surface area contributed by atoms with Crippen molar-refractivity contribution < 1.29 is 17.9 Å². The minimum Gasteiger partial charge on any atom is -0.459 e. The maximum Gasteiger partial charge on any atom is 0.340 e. The first-order valence-corrected chi connectivity index (χ1v) is 7.80. The summed E-state index contributed by atoms with van der Waals surface area (Å²) in [7, 11) is -3.54. The predicted octanol–water partition coefficient (Wildman–Crippen LogP) is 2.41. The summed E-state index contributed by atoms with van der Waals surface area (Å²) in [5.74, 6) is -0.622. The number of benzene rings is 1. The first kappa shape index (κ1) is 16.5. The van der Waals surface area contributed by atoms with Crippen LogP contribution in [0, 0.1) is 0 Å². The summed E-state index contributed by atoms with van der Waals surface area (Å²) in [6.07, 6.45) is -0.301. The molecule has 0 saturated carbocycles. The largest absolute Gasteiger partial charge is 0.459 e. The number of rotatable bonds is 3. The van der Waals surface area contributed by atoms with Crippen molar-refractivity contribution in [1.29, 1.82) is 0 Å². The lowest BCUT2D eigenvalue weighted by Gasteiger charge is -2.20. The van der Waals surface area contributed by atoms with Gasteiger partial charge in [-0.3, -0.25) is 0 Å². The Morgan fingerprint density at radius 2 is 1.80 bits per heavy atom. The molecule has 2 N–H and O–H groups in total. The lowest BCUT2D eigenvalue weighted by Crippen LogP contribution is -2.28. The summed E-state index contributed by atoms with van der Waals surface area (Å²) in [5, 5.41) is 0. The fraction of sp³-hybridized carbons (Fsp3) is 0.500. The quantitative estimate of drug-likeness (QED) is 0.684. The van der Waals surface area contributed by atoms with Crippen molar-refractivity contribution in [2.24, 2.45) is 0 Å². The van der Waals surface area contributed by atoms with E-state index in [0.717, 1.165) is 0 Å². The van der Waals surface area contributed by atoms with Crippen LogP contribution in [0.5, 0.6) is 0 Å². The van der Waals surface area contributed by atoms with Gasteiger partial charge in [0, 0.05) is 5.69 Å². The Morgan fingerprint density at radius 3 is 2.25 bits per heavy atom. The molecule has 0 atom stereocenters. The van der Waals surface area contributed by atoms with Gasteiger partial charge >= 0.3 is 5.97 Å². The molecule has 0 aliphatic heterocycles. The van der Waals surface area contributed by atoms with E-state index in [1.807, 2.05) is 0 Å². The first-order valence-electron chi connectivity index (χ1n) is 6.32. The molecule has 0 aliphatic rings. The van der Waals surface area contributed by atoms with Crippen LogP contribution in [0.4, 0.5) is 5.69 Å². The molecular weight excluding hydrogens is 278 g/mol. The zero-order valence-corrected chi connectivity index (χ0v) is 13.2. The second kappa shape index (κ2) is 5.44. The molecular formula is C14H21NO4S. The summed E-state index contributed by atoms with van der Waals surface area (Å²) >= 11 is 0. The van der Waals surface area contributed by atoms with E-state index in [4.69, 9.17) is 10.5 Å². The highest BCUT2D eigenvalue weighted by Gasteiger charge is 2.31. The molecule has 0 fully saturated rings. The number of hydrogen-bond donors (Lipinski definition) is 1. The van der Waals surface area contributed by atoms with Crippen molar-refractivity contribution in [1.82, 2.24) is 0 Å². The monoisotopic (exact) mass is 299 g/mol. The molecule has 6 heteroatoms. The number of anilines is 1. The Kier molecular flexibility index (Phi) is 4.49. The minimum absolute atomic E-state index is 0.0647. The Hall–Kier alpha value is -1.56. The Morgan fingerprint density at radius 1 is 1.25 bits per heavy atom. The van der Waals surface area contributed by atoms with Crippen molar-refractivity contribution in [3.05, 3.63) is 23.8 Å². The third-order valence-corrected chi connectivity index (χ3v) is 5.19. The highest BCUT2D eigenvalue weighted by atomic mass is 32.2. The van der Waals surface area contributed by atoms with Gasteiger partial charge in [0.1, 0.15) is 0 Å². The highest BCUT2D eigenvalue weighted by molar-refractivity contribution is 7.92. The van der Waals surface area contributed by atoms with E-state index >= 15 is 0 Å². The normalized spacial score (nSPS) is 12.5. The van der Waals surface area contributed by atoms with Gasteiger partial charge in [0.2, 0.25) is 0 Å². The molecule has 1 aromatic rings. The van der Waals surface area contributed by atoms with Crippen LogP contribution in [-0.4, -0.2) is 25.2 Å². The van der Waals surface area contributed by atoms with Gasteiger partial charge in [0.05, 0.1) is 21.3 Å².